The Balaban J connectivity index is 2.39. The zero-order chi connectivity index (χ0) is 14.3. The number of amides is 1. The molecule has 4 nitrogen and oxygen atoms in total. The molecule has 0 heterocycles. The lowest BCUT2D eigenvalue weighted by molar-refractivity contribution is -0.117. The van der Waals surface area contributed by atoms with E-state index in [0.717, 1.165) is 19.5 Å². The fourth-order valence-electron chi connectivity index (χ4n) is 1.62. The normalized spacial score (nSPS) is 10.8. The van der Waals surface area contributed by atoms with Gasteiger partial charge in [0.05, 0.1) is 16.6 Å². The fourth-order valence-corrected chi connectivity index (χ4v) is 1.92. The van der Waals surface area contributed by atoms with Gasteiger partial charge in [-0.3, -0.25) is 9.69 Å². The molecule has 19 heavy (non-hydrogen) atoms. The van der Waals surface area contributed by atoms with Gasteiger partial charge in [-0.25, -0.2) is 0 Å². The number of nitrogens with one attached hydrogen (secondary N) is 2. The first-order valence-electron chi connectivity index (χ1n) is 6.11. The molecule has 0 aliphatic rings. The largest absolute Gasteiger partial charge is 0.325 e. The summed E-state index contributed by atoms with van der Waals surface area (Å²) >= 11 is 11.7. The second-order valence-corrected chi connectivity index (χ2v) is 5.19. The molecule has 0 unspecified atom stereocenters. The summed E-state index contributed by atoms with van der Waals surface area (Å²) in [6.07, 6.45) is 1.01. The maximum atomic E-state index is 11.8. The highest BCUT2D eigenvalue weighted by molar-refractivity contribution is 6.42. The lowest BCUT2D eigenvalue weighted by Crippen LogP contribution is -2.31. The van der Waals surface area contributed by atoms with Crippen LogP contribution in [-0.4, -0.2) is 44.5 Å². The highest BCUT2D eigenvalue weighted by atomic mass is 35.5. The zero-order valence-electron chi connectivity index (χ0n) is 11.2. The van der Waals surface area contributed by atoms with Crippen LogP contribution in [0.1, 0.15) is 6.42 Å². The Bertz CT molecular complexity index is 426. The van der Waals surface area contributed by atoms with E-state index in [1.807, 2.05) is 19.0 Å². The molecule has 1 aromatic rings. The van der Waals surface area contributed by atoms with Crippen molar-refractivity contribution in [1.82, 2.24) is 10.2 Å². The van der Waals surface area contributed by atoms with Gasteiger partial charge in [0.15, 0.2) is 0 Å². The molecule has 2 N–H and O–H groups in total. The number of carbonyl (C=O) groups is 1. The zero-order valence-corrected chi connectivity index (χ0v) is 12.7. The molecule has 0 aliphatic heterocycles. The van der Waals surface area contributed by atoms with E-state index in [0.29, 0.717) is 22.3 Å². The van der Waals surface area contributed by atoms with Crippen LogP contribution in [0.4, 0.5) is 5.69 Å². The van der Waals surface area contributed by atoms with Gasteiger partial charge in [0.2, 0.25) is 5.91 Å². The van der Waals surface area contributed by atoms with E-state index in [1.54, 1.807) is 18.2 Å². The van der Waals surface area contributed by atoms with Crippen molar-refractivity contribution in [3.63, 3.8) is 0 Å². The molecule has 0 bridgehead atoms. The van der Waals surface area contributed by atoms with E-state index in [9.17, 15) is 4.79 Å². The van der Waals surface area contributed by atoms with Crippen LogP contribution in [0.3, 0.4) is 0 Å². The minimum absolute atomic E-state index is 0.0645. The molecule has 1 aromatic carbocycles. The number of hydrogen-bond donors (Lipinski definition) is 2. The first kappa shape index (κ1) is 16.2. The minimum Gasteiger partial charge on any atom is -0.325 e. The Morgan fingerprint density at radius 3 is 2.68 bits per heavy atom. The van der Waals surface area contributed by atoms with Crippen LogP contribution in [0.2, 0.25) is 10.0 Å². The van der Waals surface area contributed by atoms with Crippen LogP contribution in [-0.2, 0) is 4.79 Å². The number of halogens is 2. The molecule has 0 spiro atoms. The molecule has 1 amide bonds. The topological polar surface area (TPSA) is 44.4 Å². The molecular formula is C13H19Cl2N3O. The van der Waals surface area contributed by atoms with E-state index in [-0.39, 0.29) is 5.91 Å². The Morgan fingerprint density at radius 2 is 2.05 bits per heavy atom. The molecule has 0 saturated heterocycles. The van der Waals surface area contributed by atoms with E-state index >= 15 is 0 Å². The summed E-state index contributed by atoms with van der Waals surface area (Å²) in [4.78, 5) is 13.8. The number of hydrogen-bond acceptors (Lipinski definition) is 3. The summed E-state index contributed by atoms with van der Waals surface area (Å²) < 4.78 is 0. The Hall–Kier alpha value is -0.810. The van der Waals surface area contributed by atoms with E-state index in [1.165, 1.54) is 0 Å². The number of nitrogens with zero attached hydrogens (tertiary/aromatic N) is 1. The summed E-state index contributed by atoms with van der Waals surface area (Å²) in [6, 6.07) is 5.03. The molecular weight excluding hydrogens is 285 g/mol. The van der Waals surface area contributed by atoms with Crippen LogP contribution in [0.15, 0.2) is 18.2 Å². The molecule has 0 aromatic heterocycles. The smallest absolute Gasteiger partial charge is 0.238 e. The van der Waals surface area contributed by atoms with Gasteiger partial charge in [-0.1, -0.05) is 23.2 Å². The van der Waals surface area contributed by atoms with E-state index in [2.05, 4.69) is 10.6 Å². The van der Waals surface area contributed by atoms with Crippen molar-refractivity contribution >= 4 is 34.8 Å². The van der Waals surface area contributed by atoms with Gasteiger partial charge in [0.25, 0.3) is 0 Å². The third kappa shape index (κ3) is 6.25. The maximum Gasteiger partial charge on any atom is 0.238 e. The SMILES string of the molecule is CNCCCN(C)CC(=O)Nc1ccc(Cl)c(Cl)c1. The van der Waals surface area contributed by atoms with Crippen molar-refractivity contribution in [1.29, 1.82) is 0 Å². The van der Waals surface area contributed by atoms with Gasteiger partial charge < -0.3 is 10.6 Å². The van der Waals surface area contributed by atoms with Crippen molar-refractivity contribution in [2.45, 2.75) is 6.42 Å². The van der Waals surface area contributed by atoms with Crippen LogP contribution < -0.4 is 10.6 Å². The molecule has 1 rings (SSSR count). The quantitative estimate of drug-likeness (QED) is 0.761. The molecule has 0 atom stereocenters. The van der Waals surface area contributed by atoms with Gasteiger partial charge >= 0.3 is 0 Å². The Labute approximate surface area is 124 Å². The molecule has 6 heteroatoms. The lowest BCUT2D eigenvalue weighted by atomic mass is 10.3. The first-order valence-corrected chi connectivity index (χ1v) is 6.86. The average Bonchev–Trinajstić information content (AvgIpc) is 2.34. The second kappa shape index (κ2) is 8.38. The summed E-state index contributed by atoms with van der Waals surface area (Å²) in [6.45, 7) is 2.17. The summed E-state index contributed by atoms with van der Waals surface area (Å²) in [5.41, 5.74) is 0.656. The third-order valence-electron chi connectivity index (χ3n) is 2.58. The van der Waals surface area contributed by atoms with Crippen LogP contribution >= 0.6 is 23.2 Å². The molecule has 0 fully saturated rings. The Morgan fingerprint density at radius 1 is 1.32 bits per heavy atom. The van der Waals surface area contributed by atoms with Gasteiger partial charge in [-0.15, -0.1) is 0 Å². The molecule has 0 radical (unpaired) electrons. The highest BCUT2D eigenvalue weighted by Crippen LogP contribution is 2.24. The second-order valence-electron chi connectivity index (χ2n) is 4.37. The molecule has 106 valence electrons. The van der Waals surface area contributed by atoms with Gasteiger partial charge in [0.1, 0.15) is 0 Å². The van der Waals surface area contributed by atoms with E-state index < -0.39 is 0 Å². The van der Waals surface area contributed by atoms with Crippen molar-refractivity contribution in [2.24, 2.45) is 0 Å². The highest BCUT2D eigenvalue weighted by Gasteiger charge is 2.07. The first-order chi connectivity index (χ1) is 9.02. The van der Waals surface area contributed by atoms with E-state index in [4.69, 9.17) is 23.2 Å². The van der Waals surface area contributed by atoms with Crippen molar-refractivity contribution in [3.05, 3.63) is 28.2 Å². The summed E-state index contributed by atoms with van der Waals surface area (Å²) in [5.74, 6) is -0.0645. The van der Waals surface area contributed by atoms with Crippen molar-refractivity contribution in [2.75, 3.05) is 39.0 Å². The van der Waals surface area contributed by atoms with Crippen LogP contribution in [0, 0.1) is 0 Å². The Kier molecular flexibility index (Phi) is 7.16. The number of rotatable bonds is 7. The van der Waals surface area contributed by atoms with Gasteiger partial charge in [-0.2, -0.15) is 0 Å². The predicted octanol–water partition coefficient (Wildman–Crippen LogP) is 2.47. The maximum absolute atomic E-state index is 11.8. The number of carbonyl (C=O) groups excluding carboxylic acids is 1. The lowest BCUT2D eigenvalue weighted by Gasteiger charge is -2.16. The standard InChI is InChI=1S/C13H19Cl2N3O/c1-16-6-3-7-18(2)9-13(19)17-10-4-5-11(14)12(15)8-10/h4-5,8,16H,3,6-7,9H2,1-2H3,(H,17,19). The monoisotopic (exact) mass is 303 g/mol. The third-order valence-corrected chi connectivity index (χ3v) is 3.32. The average molecular weight is 304 g/mol. The number of benzene rings is 1. The fraction of sp³-hybridized carbons (Fsp3) is 0.462. The van der Waals surface area contributed by atoms with Gasteiger partial charge in [0, 0.05) is 5.69 Å². The van der Waals surface area contributed by atoms with Crippen molar-refractivity contribution < 1.29 is 4.79 Å². The number of anilines is 1. The molecule has 0 aliphatic carbocycles. The number of likely N-dealkylation sites (N-methyl/N-ethyl adjacent to an activating group) is 1. The molecule has 0 saturated carbocycles. The minimum atomic E-state index is -0.0645. The van der Waals surface area contributed by atoms with Crippen LogP contribution in [0.25, 0.3) is 0 Å². The predicted molar refractivity (Wildman–Crippen MR) is 81.1 cm³/mol. The summed E-state index contributed by atoms with van der Waals surface area (Å²) in [5, 5.41) is 6.77. The summed E-state index contributed by atoms with van der Waals surface area (Å²) in [7, 11) is 3.83. The van der Waals surface area contributed by atoms with Gasteiger partial charge in [-0.05, 0) is 51.8 Å². The van der Waals surface area contributed by atoms with Crippen molar-refractivity contribution in [3.8, 4) is 0 Å². The van der Waals surface area contributed by atoms with Crippen LogP contribution in [0.5, 0.6) is 0 Å².